The smallest absolute Gasteiger partial charge is 0.0268 e. The molecule has 1 rings (SSSR count). The molecule has 0 aromatic heterocycles. The second-order valence-electron chi connectivity index (χ2n) is 2.93. The van der Waals surface area contributed by atoms with Gasteiger partial charge in [-0.15, -0.1) is 0 Å². The second-order valence-corrected chi connectivity index (χ2v) is 4.11. The molecule has 0 aliphatic rings. The summed E-state index contributed by atoms with van der Waals surface area (Å²) in [7, 11) is 0. The van der Waals surface area contributed by atoms with Gasteiger partial charge in [0.15, 0.2) is 0 Å². The average Bonchev–Trinajstić information content (AvgIpc) is 2.16. The van der Waals surface area contributed by atoms with Gasteiger partial charge >= 0.3 is 0 Å². The topological polar surface area (TPSA) is 0 Å². The molecule has 0 N–H and O–H groups in total. The quantitative estimate of drug-likeness (QED) is 0.684. The molecule has 0 radical (unpaired) electrons. The van der Waals surface area contributed by atoms with Gasteiger partial charge < -0.3 is 0 Å². The van der Waals surface area contributed by atoms with E-state index in [4.69, 9.17) is 0 Å². The van der Waals surface area contributed by atoms with Crippen LogP contribution in [0.3, 0.4) is 0 Å². The molecule has 0 nitrogen and oxygen atoms in total. The summed E-state index contributed by atoms with van der Waals surface area (Å²) in [6, 6.07) is 8.71. The van der Waals surface area contributed by atoms with Crippen LogP contribution in [-0.2, 0) is 6.42 Å². The van der Waals surface area contributed by atoms with Crippen LogP contribution in [0.5, 0.6) is 0 Å². The maximum absolute atomic E-state index is 2.26. The van der Waals surface area contributed by atoms with Crippen molar-refractivity contribution < 1.29 is 0 Å². The van der Waals surface area contributed by atoms with Crippen LogP contribution in [0, 0.1) is 0 Å². The van der Waals surface area contributed by atoms with Crippen molar-refractivity contribution in [3.63, 3.8) is 0 Å². The summed E-state index contributed by atoms with van der Waals surface area (Å²) in [5.41, 5.74) is 2.98. The van der Waals surface area contributed by atoms with E-state index < -0.39 is 0 Å². The first-order valence-electron chi connectivity index (χ1n) is 4.40. The zero-order valence-electron chi connectivity index (χ0n) is 8.00. The molecule has 0 aliphatic heterocycles. The molecule has 0 aliphatic carbocycles. The van der Waals surface area contributed by atoms with E-state index in [1.165, 1.54) is 11.1 Å². The molecule has 12 heavy (non-hydrogen) atoms. The summed E-state index contributed by atoms with van der Waals surface area (Å²) in [5, 5.41) is 0.626. The first kappa shape index (κ1) is 9.66. The van der Waals surface area contributed by atoms with Gasteiger partial charge in [-0.2, -0.15) is 11.8 Å². The maximum atomic E-state index is 2.26. The van der Waals surface area contributed by atoms with Gasteiger partial charge in [0.05, 0.1) is 0 Å². The number of benzene rings is 1. The molecule has 0 saturated heterocycles. The van der Waals surface area contributed by atoms with Gasteiger partial charge in [0.1, 0.15) is 0 Å². The lowest BCUT2D eigenvalue weighted by Crippen LogP contribution is -1.93. The predicted octanol–water partition coefficient (Wildman–Crippen LogP) is 3.67. The Kier molecular flexibility index (Phi) is 3.67. The van der Waals surface area contributed by atoms with Gasteiger partial charge in [-0.1, -0.05) is 31.2 Å². The van der Waals surface area contributed by atoms with E-state index in [0.717, 1.165) is 6.42 Å². The summed E-state index contributed by atoms with van der Waals surface area (Å²) >= 11 is 1.91. The van der Waals surface area contributed by atoms with Gasteiger partial charge in [-0.25, -0.2) is 0 Å². The molecule has 0 spiro atoms. The SMILES string of the molecule is CCc1ccccc1[C@@H](C)SC. The lowest BCUT2D eigenvalue weighted by Gasteiger charge is -2.12. The van der Waals surface area contributed by atoms with E-state index in [9.17, 15) is 0 Å². The molecule has 0 amide bonds. The van der Waals surface area contributed by atoms with E-state index in [1.807, 2.05) is 11.8 Å². The third kappa shape index (κ3) is 2.04. The van der Waals surface area contributed by atoms with Crippen LogP contribution in [0.2, 0.25) is 0 Å². The molecule has 0 fully saturated rings. The van der Waals surface area contributed by atoms with Crippen molar-refractivity contribution in [3.8, 4) is 0 Å². The fraction of sp³-hybridized carbons (Fsp3) is 0.455. The van der Waals surface area contributed by atoms with Gasteiger partial charge in [0.25, 0.3) is 0 Å². The zero-order chi connectivity index (χ0) is 8.97. The van der Waals surface area contributed by atoms with E-state index >= 15 is 0 Å². The van der Waals surface area contributed by atoms with Crippen molar-refractivity contribution >= 4 is 11.8 Å². The van der Waals surface area contributed by atoms with Crippen molar-refractivity contribution in [3.05, 3.63) is 35.4 Å². The van der Waals surface area contributed by atoms with Crippen LogP contribution in [0.1, 0.15) is 30.2 Å². The number of hydrogen-bond donors (Lipinski definition) is 0. The first-order chi connectivity index (χ1) is 5.79. The van der Waals surface area contributed by atoms with Gasteiger partial charge in [-0.05, 0) is 30.7 Å². The van der Waals surface area contributed by atoms with Gasteiger partial charge in [0, 0.05) is 5.25 Å². The number of rotatable bonds is 3. The van der Waals surface area contributed by atoms with Crippen molar-refractivity contribution in [1.82, 2.24) is 0 Å². The molecule has 1 aromatic rings. The minimum absolute atomic E-state index is 0.626. The molecule has 66 valence electrons. The highest BCUT2D eigenvalue weighted by atomic mass is 32.2. The normalized spacial score (nSPS) is 12.9. The van der Waals surface area contributed by atoms with Crippen LogP contribution < -0.4 is 0 Å². The molecular formula is C11H16S. The Balaban J connectivity index is 2.96. The van der Waals surface area contributed by atoms with Crippen LogP contribution in [0.25, 0.3) is 0 Å². The van der Waals surface area contributed by atoms with E-state index in [0.29, 0.717) is 5.25 Å². The van der Waals surface area contributed by atoms with Crippen molar-refractivity contribution in [2.24, 2.45) is 0 Å². The Morgan fingerprint density at radius 3 is 2.58 bits per heavy atom. The first-order valence-corrected chi connectivity index (χ1v) is 5.69. The highest BCUT2D eigenvalue weighted by Gasteiger charge is 2.06. The zero-order valence-corrected chi connectivity index (χ0v) is 8.82. The standard InChI is InChI=1S/C11H16S/c1-4-10-7-5-6-8-11(10)9(2)12-3/h5-9H,4H2,1-3H3/t9-/m1/s1. The molecule has 0 bridgehead atoms. The average molecular weight is 180 g/mol. The fourth-order valence-corrected chi connectivity index (χ4v) is 1.86. The number of thioether (sulfide) groups is 1. The van der Waals surface area contributed by atoms with Crippen molar-refractivity contribution in [2.45, 2.75) is 25.5 Å². The summed E-state index contributed by atoms with van der Waals surface area (Å²) in [6.45, 7) is 4.48. The maximum Gasteiger partial charge on any atom is 0.0268 e. The summed E-state index contributed by atoms with van der Waals surface area (Å²) in [5.74, 6) is 0. The van der Waals surface area contributed by atoms with Crippen LogP contribution in [0.15, 0.2) is 24.3 Å². The van der Waals surface area contributed by atoms with Gasteiger partial charge in [0.2, 0.25) is 0 Å². The van der Waals surface area contributed by atoms with E-state index in [-0.39, 0.29) is 0 Å². The summed E-state index contributed by atoms with van der Waals surface area (Å²) < 4.78 is 0. The number of hydrogen-bond acceptors (Lipinski definition) is 1. The summed E-state index contributed by atoms with van der Waals surface area (Å²) in [4.78, 5) is 0. The second kappa shape index (κ2) is 4.56. The Bertz CT molecular complexity index is 243. The molecule has 0 heterocycles. The number of aryl methyl sites for hydroxylation is 1. The molecule has 1 aromatic carbocycles. The Morgan fingerprint density at radius 1 is 1.33 bits per heavy atom. The highest BCUT2D eigenvalue weighted by Crippen LogP contribution is 2.28. The molecule has 1 atom stereocenters. The minimum Gasteiger partial charge on any atom is -0.157 e. The summed E-state index contributed by atoms with van der Waals surface area (Å²) in [6.07, 6.45) is 3.30. The van der Waals surface area contributed by atoms with Crippen LogP contribution in [-0.4, -0.2) is 6.26 Å². The third-order valence-electron chi connectivity index (χ3n) is 2.23. The Labute approximate surface area is 79.4 Å². The van der Waals surface area contributed by atoms with Crippen molar-refractivity contribution in [1.29, 1.82) is 0 Å². The monoisotopic (exact) mass is 180 g/mol. The Hall–Kier alpha value is -0.430. The van der Waals surface area contributed by atoms with E-state index in [2.05, 4.69) is 44.4 Å². The van der Waals surface area contributed by atoms with Crippen LogP contribution >= 0.6 is 11.8 Å². The highest BCUT2D eigenvalue weighted by molar-refractivity contribution is 7.98. The molecule has 0 saturated carbocycles. The van der Waals surface area contributed by atoms with Crippen molar-refractivity contribution in [2.75, 3.05) is 6.26 Å². The Morgan fingerprint density at radius 2 is 2.00 bits per heavy atom. The molecule has 1 heteroatoms. The lowest BCUT2D eigenvalue weighted by atomic mass is 10.0. The molecule has 0 unspecified atom stereocenters. The lowest BCUT2D eigenvalue weighted by molar-refractivity contribution is 1.02. The van der Waals surface area contributed by atoms with Gasteiger partial charge in [-0.3, -0.25) is 0 Å². The molecular weight excluding hydrogens is 164 g/mol. The fourth-order valence-electron chi connectivity index (χ4n) is 1.38. The van der Waals surface area contributed by atoms with E-state index in [1.54, 1.807) is 0 Å². The largest absolute Gasteiger partial charge is 0.157 e. The predicted molar refractivity (Wildman–Crippen MR) is 57.8 cm³/mol. The third-order valence-corrected chi connectivity index (χ3v) is 3.19. The van der Waals surface area contributed by atoms with Crippen LogP contribution in [0.4, 0.5) is 0 Å². The minimum atomic E-state index is 0.626.